The van der Waals surface area contributed by atoms with Gasteiger partial charge >= 0.3 is 0 Å². The SMILES string of the molecule is O=C1NC(=S)SC1=CC1CN(C(=O)c2cccs2)c2ccccc2O1. The van der Waals surface area contributed by atoms with E-state index in [0.717, 1.165) is 5.69 Å². The van der Waals surface area contributed by atoms with E-state index >= 15 is 0 Å². The number of ether oxygens (including phenoxy) is 1. The normalized spacial score (nSPS) is 21.0. The third-order valence-electron chi connectivity index (χ3n) is 3.75. The number of hydrogen-bond acceptors (Lipinski definition) is 6. The molecule has 0 spiro atoms. The second kappa shape index (κ2) is 6.62. The summed E-state index contributed by atoms with van der Waals surface area (Å²) in [4.78, 5) is 27.6. The Bertz CT molecular complexity index is 892. The number of thiophene rings is 1. The van der Waals surface area contributed by atoms with Gasteiger partial charge in [0, 0.05) is 0 Å². The molecule has 1 aromatic heterocycles. The van der Waals surface area contributed by atoms with Crippen LogP contribution in [0, 0.1) is 0 Å². The maximum Gasteiger partial charge on any atom is 0.268 e. The molecule has 2 aromatic rings. The summed E-state index contributed by atoms with van der Waals surface area (Å²) in [5.74, 6) is 0.313. The third kappa shape index (κ3) is 3.20. The first-order valence-electron chi connectivity index (χ1n) is 7.48. The number of amides is 2. The molecule has 1 atom stereocenters. The minimum Gasteiger partial charge on any atom is -0.482 e. The Kier molecular flexibility index (Phi) is 4.32. The van der Waals surface area contributed by atoms with Crippen LogP contribution in [0.15, 0.2) is 52.8 Å². The average Bonchev–Trinajstić information content (AvgIpc) is 3.24. The van der Waals surface area contributed by atoms with Crippen molar-refractivity contribution in [1.29, 1.82) is 0 Å². The minimum atomic E-state index is -0.423. The fourth-order valence-electron chi connectivity index (χ4n) is 2.68. The number of rotatable bonds is 2. The minimum absolute atomic E-state index is 0.0757. The Hall–Kier alpha value is -2.16. The molecule has 4 rings (SSSR count). The molecule has 5 nitrogen and oxygen atoms in total. The highest BCUT2D eigenvalue weighted by Gasteiger charge is 2.32. The molecule has 0 radical (unpaired) electrons. The lowest BCUT2D eigenvalue weighted by Crippen LogP contribution is -2.42. The van der Waals surface area contributed by atoms with Crippen molar-refractivity contribution >= 4 is 57.1 Å². The van der Waals surface area contributed by atoms with Gasteiger partial charge in [-0.2, -0.15) is 0 Å². The van der Waals surface area contributed by atoms with Crippen molar-refractivity contribution in [2.24, 2.45) is 0 Å². The van der Waals surface area contributed by atoms with Crippen molar-refractivity contribution < 1.29 is 14.3 Å². The summed E-state index contributed by atoms with van der Waals surface area (Å²) in [5.41, 5.74) is 0.731. The number of nitrogens with zero attached hydrogens (tertiary/aromatic N) is 1. The van der Waals surface area contributed by atoms with Crippen LogP contribution in [0.1, 0.15) is 9.67 Å². The van der Waals surface area contributed by atoms with Crippen molar-refractivity contribution in [1.82, 2.24) is 5.32 Å². The summed E-state index contributed by atoms with van der Waals surface area (Å²) < 4.78 is 6.40. The van der Waals surface area contributed by atoms with E-state index in [1.54, 1.807) is 17.0 Å². The van der Waals surface area contributed by atoms with Gasteiger partial charge in [0.2, 0.25) is 0 Å². The number of carbonyl (C=O) groups is 2. The zero-order valence-corrected chi connectivity index (χ0v) is 15.2. The smallest absolute Gasteiger partial charge is 0.268 e. The van der Waals surface area contributed by atoms with Crippen molar-refractivity contribution in [2.45, 2.75) is 6.10 Å². The van der Waals surface area contributed by atoms with E-state index in [1.807, 2.05) is 35.7 Å². The molecule has 2 aliphatic rings. The number of nitrogens with one attached hydrogen (secondary N) is 1. The Morgan fingerprint density at radius 2 is 2.16 bits per heavy atom. The van der Waals surface area contributed by atoms with Crippen LogP contribution in [0.2, 0.25) is 0 Å². The van der Waals surface area contributed by atoms with Crippen LogP contribution < -0.4 is 15.0 Å². The average molecular weight is 388 g/mol. The first kappa shape index (κ1) is 16.3. The monoisotopic (exact) mass is 388 g/mol. The molecule has 0 bridgehead atoms. The molecule has 1 saturated heterocycles. The zero-order valence-electron chi connectivity index (χ0n) is 12.8. The van der Waals surface area contributed by atoms with Crippen molar-refractivity contribution in [3.8, 4) is 5.75 Å². The highest BCUT2D eigenvalue weighted by molar-refractivity contribution is 8.26. The number of carbonyl (C=O) groups excluding carboxylic acids is 2. The molecule has 1 aromatic carbocycles. The van der Waals surface area contributed by atoms with E-state index in [2.05, 4.69) is 5.32 Å². The molecule has 0 saturated carbocycles. The Labute approximate surface area is 157 Å². The van der Waals surface area contributed by atoms with Gasteiger partial charge in [-0.15, -0.1) is 11.3 Å². The van der Waals surface area contributed by atoms with Gasteiger partial charge in [-0.25, -0.2) is 0 Å². The fraction of sp³-hybridized carbons (Fsp3) is 0.118. The first-order valence-corrected chi connectivity index (χ1v) is 9.58. The topological polar surface area (TPSA) is 58.6 Å². The fourth-order valence-corrected chi connectivity index (χ4v) is 4.42. The van der Waals surface area contributed by atoms with Crippen LogP contribution in [0.3, 0.4) is 0 Å². The lowest BCUT2D eigenvalue weighted by molar-refractivity contribution is -0.115. The van der Waals surface area contributed by atoms with Crippen LogP contribution in [-0.2, 0) is 4.79 Å². The molecule has 0 aliphatic carbocycles. The molecule has 25 heavy (non-hydrogen) atoms. The van der Waals surface area contributed by atoms with Crippen molar-refractivity contribution in [2.75, 3.05) is 11.4 Å². The molecular weight excluding hydrogens is 376 g/mol. The molecule has 3 heterocycles. The maximum atomic E-state index is 12.9. The summed E-state index contributed by atoms with van der Waals surface area (Å²) in [5, 5.41) is 4.46. The van der Waals surface area contributed by atoms with Gasteiger partial charge in [0.15, 0.2) is 0 Å². The van der Waals surface area contributed by atoms with Crippen LogP contribution in [-0.4, -0.2) is 28.8 Å². The highest BCUT2D eigenvalue weighted by Crippen LogP contribution is 2.36. The van der Waals surface area contributed by atoms with E-state index in [4.69, 9.17) is 17.0 Å². The predicted molar refractivity (Wildman–Crippen MR) is 103 cm³/mol. The van der Waals surface area contributed by atoms with E-state index < -0.39 is 6.10 Å². The van der Waals surface area contributed by atoms with Gasteiger partial charge in [0.25, 0.3) is 11.8 Å². The number of anilines is 1. The molecule has 1 N–H and O–H groups in total. The van der Waals surface area contributed by atoms with Gasteiger partial charge in [0.05, 0.1) is 22.0 Å². The van der Waals surface area contributed by atoms with Crippen LogP contribution in [0.4, 0.5) is 5.69 Å². The van der Waals surface area contributed by atoms with Gasteiger partial charge in [0.1, 0.15) is 16.2 Å². The van der Waals surface area contributed by atoms with Gasteiger partial charge in [-0.3, -0.25) is 9.59 Å². The predicted octanol–water partition coefficient (Wildman–Crippen LogP) is 3.19. The van der Waals surface area contributed by atoms with Crippen molar-refractivity contribution in [3.63, 3.8) is 0 Å². The molecule has 1 fully saturated rings. The Balaban J connectivity index is 1.67. The highest BCUT2D eigenvalue weighted by atomic mass is 32.2. The number of thioether (sulfide) groups is 1. The maximum absolute atomic E-state index is 12.9. The van der Waals surface area contributed by atoms with Crippen LogP contribution >= 0.6 is 35.3 Å². The lowest BCUT2D eigenvalue weighted by atomic mass is 10.1. The quantitative estimate of drug-likeness (QED) is 0.633. The van der Waals surface area contributed by atoms with Gasteiger partial charge in [-0.1, -0.05) is 42.2 Å². The van der Waals surface area contributed by atoms with E-state index in [0.29, 0.717) is 26.4 Å². The molecule has 126 valence electrons. The first-order chi connectivity index (χ1) is 12.1. The van der Waals surface area contributed by atoms with E-state index in [9.17, 15) is 9.59 Å². The number of hydrogen-bond donors (Lipinski definition) is 1. The Morgan fingerprint density at radius 1 is 1.32 bits per heavy atom. The summed E-state index contributed by atoms with van der Waals surface area (Å²) in [6.07, 6.45) is 1.30. The number of fused-ring (bicyclic) bond motifs is 1. The largest absolute Gasteiger partial charge is 0.482 e. The molecular formula is C17H12N2O3S3. The summed E-state index contributed by atoms with van der Waals surface area (Å²) in [6.45, 7) is 0.331. The van der Waals surface area contributed by atoms with E-state index in [1.165, 1.54) is 23.1 Å². The van der Waals surface area contributed by atoms with Crippen molar-refractivity contribution in [3.05, 3.63) is 57.6 Å². The molecule has 2 aliphatic heterocycles. The van der Waals surface area contributed by atoms with E-state index in [-0.39, 0.29) is 11.8 Å². The van der Waals surface area contributed by atoms with Gasteiger partial charge < -0.3 is 15.0 Å². The van der Waals surface area contributed by atoms with Crippen LogP contribution in [0.25, 0.3) is 0 Å². The third-order valence-corrected chi connectivity index (χ3v) is 5.79. The summed E-state index contributed by atoms with van der Waals surface area (Å²) in [7, 11) is 0. The Morgan fingerprint density at radius 3 is 2.88 bits per heavy atom. The second-order valence-corrected chi connectivity index (χ2v) is 8.06. The number of benzene rings is 1. The molecule has 1 unspecified atom stereocenters. The van der Waals surface area contributed by atoms with Crippen LogP contribution in [0.5, 0.6) is 5.75 Å². The zero-order chi connectivity index (χ0) is 17.4. The molecule has 2 amide bonds. The standard InChI is InChI=1S/C17H12N2O3S3/c20-15-14(25-17(23)18-15)8-10-9-19(16(21)13-6-3-7-24-13)11-4-1-2-5-12(11)22-10/h1-8,10H,9H2,(H,18,20,23). The molecule has 8 heteroatoms. The number of para-hydroxylation sites is 2. The number of thiocarbonyl (C=S) groups is 1. The summed E-state index contributed by atoms with van der Waals surface area (Å²) >= 11 is 7.62. The second-order valence-electron chi connectivity index (χ2n) is 5.39. The lowest BCUT2D eigenvalue weighted by Gasteiger charge is -2.33. The van der Waals surface area contributed by atoms with Gasteiger partial charge in [-0.05, 0) is 29.7 Å². The summed E-state index contributed by atoms with van der Waals surface area (Å²) in [6, 6.07) is 11.1.